The lowest BCUT2D eigenvalue weighted by Crippen LogP contribution is -2.11. The minimum atomic E-state index is -3.07. The van der Waals surface area contributed by atoms with E-state index in [1.165, 1.54) is 37.7 Å². The van der Waals surface area contributed by atoms with Gasteiger partial charge in [0.1, 0.15) is 28.4 Å². The van der Waals surface area contributed by atoms with E-state index >= 15 is 0 Å². The van der Waals surface area contributed by atoms with Crippen LogP contribution in [0.4, 0.5) is 17.6 Å². The molecule has 11 nitrogen and oxygen atoms in total. The normalized spacial score (nSPS) is 11.3. The molecule has 0 spiro atoms. The van der Waals surface area contributed by atoms with Gasteiger partial charge in [0.2, 0.25) is 0 Å². The number of aromatic nitrogens is 8. The van der Waals surface area contributed by atoms with Crippen molar-refractivity contribution in [2.75, 3.05) is 7.11 Å². The van der Waals surface area contributed by atoms with E-state index in [2.05, 4.69) is 43.6 Å². The summed E-state index contributed by atoms with van der Waals surface area (Å²) in [5.74, 6) is 6.36. The summed E-state index contributed by atoms with van der Waals surface area (Å²) < 4.78 is 69.3. The van der Waals surface area contributed by atoms with Gasteiger partial charge < -0.3 is 13.9 Å². The summed E-state index contributed by atoms with van der Waals surface area (Å²) in [6.45, 7) is 3.51. The molecule has 15 heteroatoms. The fourth-order valence-corrected chi connectivity index (χ4v) is 7.97. The maximum absolute atomic E-state index is 14.3. The molecule has 0 saturated heterocycles. The van der Waals surface area contributed by atoms with Crippen LogP contribution in [0.15, 0.2) is 171 Å². The number of hydrogen-bond acceptors (Lipinski definition) is 7. The second kappa shape index (κ2) is 20.6. The fourth-order valence-electron chi connectivity index (χ4n) is 7.97. The van der Waals surface area contributed by atoms with Crippen molar-refractivity contribution < 1.29 is 31.9 Å². The van der Waals surface area contributed by atoms with Crippen LogP contribution in [-0.2, 0) is 24.7 Å². The number of methoxy groups -OCH3 is 1. The molecule has 10 rings (SSSR count). The molecule has 6 aromatic heterocycles. The molecule has 73 heavy (non-hydrogen) atoms. The number of rotatable bonds is 11. The molecular weight excluding hydrogens is 933 g/mol. The number of fused-ring (bicyclic) bond motifs is 2. The predicted molar refractivity (Wildman–Crippen MR) is 269 cm³/mol. The van der Waals surface area contributed by atoms with Gasteiger partial charge in [0.15, 0.2) is 11.6 Å². The highest BCUT2D eigenvalue weighted by atomic mass is 19.3. The largest absolute Gasteiger partial charge is 0.495 e. The average Bonchev–Trinajstić information content (AvgIpc) is 4.23. The third-order valence-electron chi connectivity index (χ3n) is 11.7. The van der Waals surface area contributed by atoms with Gasteiger partial charge in [-0.3, -0.25) is 18.4 Å². The van der Waals surface area contributed by atoms with Crippen molar-refractivity contribution in [3.63, 3.8) is 0 Å². The van der Waals surface area contributed by atoms with Crippen LogP contribution in [-0.4, -0.2) is 56.5 Å². The summed E-state index contributed by atoms with van der Waals surface area (Å²) in [7, 11) is 1.53. The van der Waals surface area contributed by atoms with E-state index < -0.39 is 11.8 Å². The third kappa shape index (κ3) is 11.5. The number of aryl methyl sites for hydroxylation is 1. The van der Waals surface area contributed by atoms with Crippen molar-refractivity contribution >= 4 is 22.9 Å². The number of halogens is 4. The summed E-state index contributed by atoms with van der Waals surface area (Å²) in [6, 6.07) is 32.4. The van der Waals surface area contributed by atoms with Crippen molar-refractivity contribution in [2.45, 2.75) is 45.5 Å². The number of benzene rings is 4. The number of alkyl halides is 4. The Morgan fingerprint density at radius 3 is 1.74 bits per heavy atom. The van der Waals surface area contributed by atoms with Gasteiger partial charge in [-0.2, -0.15) is 0 Å². The zero-order valence-electron chi connectivity index (χ0n) is 39.9. The number of carbonyl (C=O) groups excluding carboxylic acids is 2. The molecule has 0 aliphatic rings. The Balaban J connectivity index is 0.000000180. The first-order chi connectivity index (χ1) is 35.1. The molecule has 0 atom stereocenters. The topological polar surface area (TPSA) is 114 Å². The first-order valence-electron chi connectivity index (χ1n) is 22.8. The molecule has 10 aromatic rings. The summed E-state index contributed by atoms with van der Waals surface area (Å²) in [5, 5.41) is 0. The van der Waals surface area contributed by atoms with E-state index in [4.69, 9.17) is 4.74 Å². The van der Waals surface area contributed by atoms with Gasteiger partial charge in [-0.1, -0.05) is 36.1 Å². The van der Waals surface area contributed by atoms with E-state index in [-0.39, 0.29) is 35.5 Å². The lowest BCUT2D eigenvalue weighted by molar-refractivity contribution is 0.0167. The molecule has 0 radical (unpaired) electrons. The van der Waals surface area contributed by atoms with E-state index in [9.17, 15) is 27.2 Å². The number of ketones is 2. The molecule has 0 fully saturated rings. The predicted octanol–water partition coefficient (Wildman–Crippen LogP) is 11.2. The Morgan fingerprint density at radius 1 is 0.603 bits per heavy atom. The summed E-state index contributed by atoms with van der Waals surface area (Å²) >= 11 is 0. The van der Waals surface area contributed by atoms with Crippen LogP contribution in [0.25, 0.3) is 22.7 Å². The Labute approximate surface area is 417 Å². The molecule has 0 amide bonds. The average molecular weight is 977 g/mol. The molecule has 0 aliphatic heterocycles. The Hall–Kier alpha value is -9.34. The number of carbonyl (C=O) groups is 2. The van der Waals surface area contributed by atoms with Crippen LogP contribution in [0.2, 0.25) is 0 Å². The standard InChI is InChI=1S/C30H24F2N4O2.C28H20F2N4O/c1-20-18-35(19-34-20)26-13-21(12-24(16-26)30(2,31)32)14-27(37)22-8-10-28(38-3)23(15-22)7-9-25-17-33-29-6-4-5-11-36(25)29;1-28(29,30)23-14-21(15-25(17-23)33-12-10-31-19-33)16-26(35)22-6-4-5-20(13-22)8-9-24-18-32-27-7-2-3-11-34(24)27/h4-6,8,10-13,15-19H,14H2,1-3H3;2-7,10-15,17-19H,16H2,1H3. The van der Waals surface area contributed by atoms with E-state index in [0.717, 1.165) is 36.5 Å². The number of imidazole rings is 4. The number of pyridine rings is 2. The van der Waals surface area contributed by atoms with Crippen LogP contribution >= 0.6 is 0 Å². The van der Waals surface area contributed by atoms with Gasteiger partial charge in [0.05, 0.1) is 43.4 Å². The summed E-state index contributed by atoms with van der Waals surface area (Å²) in [5.41, 5.74) is 7.54. The van der Waals surface area contributed by atoms with Crippen molar-refractivity contribution in [3.05, 3.63) is 233 Å². The summed E-state index contributed by atoms with van der Waals surface area (Å²) in [6.07, 6.45) is 15.1. The highest BCUT2D eigenvalue weighted by Gasteiger charge is 2.27. The van der Waals surface area contributed by atoms with Gasteiger partial charge >= 0.3 is 0 Å². The Morgan fingerprint density at radius 2 is 1.19 bits per heavy atom. The maximum atomic E-state index is 14.3. The highest BCUT2D eigenvalue weighted by Crippen LogP contribution is 2.32. The quantitative estimate of drug-likeness (QED) is 0.0720. The molecular formula is C58H44F4N8O3. The van der Waals surface area contributed by atoms with Gasteiger partial charge in [-0.05, 0) is 121 Å². The van der Waals surface area contributed by atoms with Crippen LogP contribution in [0, 0.1) is 30.6 Å². The Kier molecular flexibility index (Phi) is 13.7. The molecule has 0 saturated carbocycles. The third-order valence-corrected chi connectivity index (χ3v) is 11.7. The minimum absolute atomic E-state index is 0.0181. The first kappa shape index (κ1) is 48.7. The van der Waals surface area contributed by atoms with E-state index in [0.29, 0.717) is 56.2 Å². The molecule has 4 aromatic carbocycles. The van der Waals surface area contributed by atoms with Crippen molar-refractivity contribution in [1.29, 1.82) is 0 Å². The molecule has 362 valence electrons. The van der Waals surface area contributed by atoms with Crippen LogP contribution in [0.5, 0.6) is 5.75 Å². The smallest absolute Gasteiger partial charge is 0.270 e. The van der Waals surface area contributed by atoms with Crippen LogP contribution in [0.3, 0.4) is 0 Å². The number of ether oxygens (including phenoxy) is 1. The monoisotopic (exact) mass is 976 g/mol. The zero-order valence-corrected chi connectivity index (χ0v) is 39.9. The number of nitrogens with zero attached hydrogens (tertiary/aromatic N) is 8. The van der Waals surface area contributed by atoms with Gasteiger partial charge in [0.25, 0.3) is 11.8 Å². The Bertz CT molecular complexity index is 3800. The van der Waals surface area contributed by atoms with E-state index in [1.54, 1.807) is 95.0 Å². The molecule has 0 unspecified atom stereocenters. The number of Topliss-reactive ketones (excluding diaryl/α,β-unsaturated/α-hetero) is 2. The molecule has 0 aliphatic carbocycles. The maximum Gasteiger partial charge on any atom is 0.270 e. The second-order valence-electron chi connectivity index (χ2n) is 17.3. The second-order valence-corrected chi connectivity index (χ2v) is 17.3. The van der Waals surface area contributed by atoms with Crippen LogP contribution < -0.4 is 4.74 Å². The zero-order chi connectivity index (χ0) is 51.3. The SMILES string of the molecule is CC(F)(F)c1cc(CC(=O)c2cccc(C#Cc3cnc4ccccn34)c2)cc(-n2ccnc2)c1.COc1ccc(C(=O)Cc2cc(-n3cnc(C)c3)cc(C(C)(F)F)c2)cc1C#Cc1cnc2ccccn12. The van der Waals surface area contributed by atoms with Gasteiger partial charge in [0, 0.05) is 96.9 Å². The van der Waals surface area contributed by atoms with Gasteiger partial charge in [-0.25, -0.2) is 37.5 Å². The van der Waals surface area contributed by atoms with Crippen molar-refractivity contribution in [1.82, 2.24) is 37.9 Å². The lowest BCUT2D eigenvalue weighted by Gasteiger charge is -2.15. The van der Waals surface area contributed by atoms with Crippen LogP contribution in [0.1, 0.15) is 85.0 Å². The first-order valence-corrected chi connectivity index (χ1v) is 22.8. The molecule has 6 heterocycles. The van der Waals surface area contributed by atoms with Gasteiger partial charge in [-0.15, -0.1) is 0 Å². The number of hydrogen-bond donors (Lipinski definition) is 0. The van der Waals surface area contributed by atoms with Crippen molar-refractivity contribution in [3.8, 4) is 40.8 Å². The van der Waals surface area contributed by atoms with E-state index in [1.807, 2.05) is 70.6 Å². The fraction of sp³-hybridized carbons (Fsp3) is 0.138. The van der Waals surface area contributed by atoms with Crippen molar-refractivity contribution in [2.24, 2.45) is 0 Å². The molecule has 0 N–H and O–H groups in total. The lowest BCUT2D eigenvalue weighted by atomic mass is 9.97. The highest BCUT2D eigenvalue weighted by molar-refractivity contribution is 5.98. The minimum Gasteiger partial charge on any atom is -0.495 e. The summed E-state index contributed by atoms with van der Waals surface area (Å²) in [4.78, 5) is 43.2. The molecule has 0 bridgehead atoms.